The van der Waals surface area contributed by atoms with Gasteiger partial charge in [0, 0.05) is 83.4 Å². The first kappa shape index (κ1) is 30.4. The first-order valence-electron chi connectivity index (χ1n) is 16.2. The van der Waals surface area contributed by atoms with Crippen LogP contribution >= 0.6 is 11.3 Å². The zero-order chi connectivity index (χ0) is 32.8. The average molecular weight is 660 g/mol. The number of nitrogens with one attached hydrogen (secondary N) is 1. The van der Waals surface area contributed by atoms with Gasteiger partial charge in [-0.3, -0.25) is 14.6 Å². The van der Waals surface area contributed by atoms with Crippen LogP contribution in [0.3, 0.4) is 0 Å². The van der Waals surface area contributed by atoms with Crippen molar-refractivity contribution in [1.82, 2.24) is 9.97 Å². The van der Waals surface area contributed by atoms with E-state index in [9.17, 15) is 14.0 Å². The van der Waals surface area contributed by atoms with Crippen LogP contribution in [0, 0.1) is 18.2 Å². The number of rotatable bonds is 5. The smallest absolute Gasteiger partial charge is 0.259 e. The Bertz CT molecular complexity index is 2020. The number of nitrogens with zero attached hydrogens (tertiary/aromatic N) is 4. The first-order valence-corrected chi connectivity index (χ1v) is 17.0. The monoisotopic (exact) mass is 659 g/mol. The molecule has 2 aromatic carbocycles. The summed E-state index contributed by atoms with van der Waals surface area (Å²) in [6, 6.07) is 19.5. The highest BCUT2D eigenvalue weighted by Crippen LogP contribution is 2.45. The fourth-order valence-corrected chi connectivity index (χ4v) is 8.30. The molecule has 3 aromatic heterocycles. The van der Waals surface area contributed by atoms with Crippen molar-refractivity contribution in [3.8, 4) is 20.9 Å². The topological polar surface area (TPSA) is 87.7 Å². The number of amides is 2. The van der Waals surface area contributed by atoms with E-state index >= 15 is 0 Å². The van der Waals surface area contributed by atoms with Crippen molar-refractivity contribution in [2.45, 2.75) is 26.2 Å². The molecule has 0 saturated carbocycles. The van der Waals surface area contributed by atoms with Crippen LogP contribution in [0.25, 0.3) is 20.9 Å². The molecular formula is C38H34FN5O3S. The average Bonchev–Trinajstić information content (AvgIpc) is 3.46. The third-order valence-electron chi connectivity index (χ3n) is 9.66. The van der Waals surface area contributed by atoms with Crippen LogP contribution in [0.4, 0.5) is 21.6 Å². The number of carbonyl (C=O) groups is 2. The number of thiophene rings is 1. The lowest BCUT2D eigenvalue weighted by atomic mass is 9.73. The summed E-state index contributed by atoms with van der Waals surface area (Å²) in [5.41, 5.74) is 6.28. The van der Waals surface area contributed by atoms with Crippen molar-refractivity contribution >= 4 is 40.3 Å². The van der Waals surface area contributed by atoms with Crippen molar-refractivity contribution in [2.75, 3.05) is 48.0 Å². The maximum Gasteiger partial charge on any atom is 0.259 e. The van der Waals surface area contributed by atoms with Gasteiger partial charge in [0.25, 0.3) is 11.8 Å². The fourth-order valence-electron chi connectivity index (χ4n) is 7.05. The summed E-state index contributed by atoms with van der Waals surface area (Å²) in [6.45, 7) is 5.63. The molecule has 5 aromatic rings. The SMILES string of the molecule is Cc1cnc(N2CC3(CCOCC3)C2)c(C(=O)Nc2ccc(C(=O)N3CCc4cc(-c5ccncc5)sc4-c4ccc(F)cc43)cc2)c1. The molecule has 1 N–H and O–H groups in total. The van der Waals surface area contributed by atoms with Gasteiger partial charge in [-0.2, -0.15) is 0 Å². The lowest BCUT2D eigenvalue weighted by molar-refractivity contribution is -0.000510. The molecular weight excluding hydrogens is 626 g/mol. The third-order valence-corrected chi connectivity index (χ3v) is 10.9. The lowest BCUT2D eigenvalue weighted by Gasteiger charge is -2.53. The van der Waals surface area contributed by atoms with Gasteiger partial charge in [0.1, 0.15) is 11.6 Å². The zero-order valence-electron chi connectivity index (χ0n) is 26.5. The molecule has 3 aliphatic heterocycles. The summed E-state index contributed by atoms with van der Waals surface area (Å²) in [5, 5.41) is 3.00. The van der Waals surface area contributed by atoms with E-state index < -0.39 is 5.82 Å². The zero-order valence-corrected chi connectivity index (χ0v) is 27.4. The molecule has 8 rings (SSSR count). The van der Waals surface area contributed by atoms with Crippen LogP contribution in [0.15, 0.2) is 85.3 Å². The standard InChI is InChI=1S/C38H34FN5O3S/c1-24-18-31(35(41-21-24)43-22-38(23-43)11-16-47-17-12-38)36(45)42-29-5-2-26(3-6-29)37(46)44-15-10-27-19-33(25-8-13-40-14-9-25)48-34(27)30-7-4-28(39)20-32(30)44/h2-9,13-14,18-21H,10-12,15-17,22-23H2,1H3,(H,42,45). The quantitative estimate of drug-likeness (QED) is 0.212. The summed E-state index contributed by atoms with van der Waals surface area (Å²) in [5.74, 6) is -0.183. The van der Waals surface area contributed by atoms with Gasteiger partial charge in [0.2, 0.25) is 0 Å². The van der Waals surface area contributed by atoms with Crippen molar-refractivity contribution in [3.63, 3.8) is 0 Å². The van der Waals surface area contributed by atoms with E-state index in [1.54, 1.807) is 65.2 Å². The Balaban J connectivity index is 1.01. The molecule has 1 spiro atoms. The van der Waals surface area contributed by atoms with Crippen LogP contribution in [-0.2, 0) is 11.2 Å². The van der Waals surface area contributed by atoms with Gasteiger partial charge in [-0.05, 0) is 110 Å². The highest BCUT2D eigenvalue weighted by molar-refractivity contribution is 7.19. The number of aromatic nitrogens is 2. The van der Waals surface area contributed by atoms with E-state index in [0.29, 0.717) is 41.3 Å². The summed E-state index contributed by atoms with van der Waals surface area (Å²) in [6.07, 6.45) is 8.03. The summed E-state index contributed by atoms with van der Waals surface area (Å²) < 4.78 is 20.2. The molecule has 0 unspecified atom stereocenters. The number of hydrogen-bond acceptors (Lipinski definition) is 7. The van der Waals surface area contributed by atoms with Crippen LogP contribution in [0.1, 0.15) is 44.7 Å². The maximum absolute atomic E-state index is 14.7. The maximum atomic E-state index is 14.7. The van der Waals surface area contributed by atoms with E-state index in [1.165, 1.54) is 12.1 Å². The fraction of sp³-hybridized carbons (Fsp3) is 0.263. The number of hydrogen-bond donors (Lipinski definition) is 1. The molecule has 0 atom stereocenters. The molecule has 2 saturated heterocycles. The summed E-state index contributed by atoms with van der Waals surface area (Å²) in [7, 11) is 0. The van der Waals surface area contributed by atoms with Crippen molar-refractivity contribution in [3.05, 3.63) is 113 Å². The number of fused-ring (bicyclic) bond motifs is 3. The Hall–Kier alpha value is -4.93. The van der Waals surface area contributed by atoms with E-state index in [0.717, 1.165) is 71.2 Å². The van der Waals surface area contributed by atoms with E-state index in [2.05, 4.69) is 26.3 Å². The Morgan fingerprint density at radius 3 is 2.52 bits per heavy atom. The van der Waals surface area contributed by atoms with Crippen LogP contribution < -0.4 is 15.1 Å². The normalized spacial score (nSPS) is 16.5. The van der Waals surface area contributed by atoms with E-state index in [-0.39, 0.29) is 17.2 Å². The van der Waals surface area contributed by atoms with Gasteiger partial charge in [0.15, 0.2) is 0 Å². The number of pyridine rings is 2. The number of benzene rings is 2. The second kappa shape index (κ2) is 12.3. The molecule has 3 aliphatic rings. The van der Waals surface area contributed by atoms with Crippen LogP contribution in [0.2, 0.25) is 0 Å². The van der Waals surface area contributed by atoms with Gasteiger partial charge in [0.05, 0.1) is 11.3 Å². The molecule has 242 valence electrons. The molecule has 0 radical (unpaired) electrons. The highest BCUT2D eigenvalue weighted by Gasteiger charge is 2.45. The molecule has 2 fully saturated rings. The molecule has 8 nitrogen and oxygen atoms in total. The number of anilines is 3. The number of halogens is 1. The second-order valence-electron chi connectivity index (χ2n) is 13.0. The van der Waals surface area contributed by atoms with Crippen LogP contribution in [0.5, 0.6) is 0 Å². The molecule has 10 heteroatoms. The van der Waals surface area contributed by atoms with Gasteiger partial charge in [-0.15, -0.1) is 11.3 Å². The third kappa shape index (κ3) is 5.65. The lowest BCUT2D eigenvalue weighted by Crippen LogP contribution is -2.59. The Morgan fingerprint density at radius 1 is 0.979 bits per heavy atom. The van der Waals surface area contributed by atoms with Crippen molar-refractivity contribution < 1.29 is 18.7 Å². The van der Waals surface area contributed by atoms with Gasteiger partial charge >= 0.3 is 0 Å². The summed E-state index contributed by atoms with van der Waals surface area (Å²) in [4.78, 5) is 42.3. The molecule has 0 aliphatic carbocycles. The van der Waals surface area contributed by atoms with E-state index in [4.69, 9.17) is 4.74 Å². The molecule has 6 heterocycles. The Labute approximate surface area is 282 Å². The largest absolute Gasteiger partial charge is 0.381 e. The predicted molar refractivity (Wildman–Crippen MR) is 186 cm³/mol. The minimum Gasteiger partial charge on any atom is -0.381 e. The van der Waals surface area contributed by atoms with Gasteiger partial charge in [-0.1, -0.05) is 0 Å². The predicted octanol–water partition coefficient (Wildman–Crippen LogP) is 7.39. The molecule has 48 heavy (non-hydrogen) atoms. The summed E-state index contributed by atoms with van der Waals surface area (Å²) >= 11 is 1.64. The van der Waals surface area contributed by atoms with Gasteiger partial charge in [-0.25, -0.2) is 9.37 Å². The van der Waals surface area contributed by atoms with Crippen LogP contribution in [-0.4, -0.2) is 54.6 Å². The Morgan fingerprint density at radius 2 is 1.75 bits per heavy atom. The minimum absolute atomic E-state index is 0.228. The number of carbonyl (C=O) groups excluding carboxylic acids is 2. The minimum atomic E-state index is -0.398. The Kier molecular flexibility index (Phi) is 7.77. The second-order valence-corrected chi connectivity index (χ2v) is 14.0. The number of ether oxygens (including phenoxy) is 1. The molecule has 2 amide bonds. The highest BCUT2D eigenvalue weighted by atomic mass is 32.1. The van der Waals surface area contributed by atoms with Gasteiger partial charge < -0.3 is 19.9 Å². The van der Waals surface area contributed by atoms with Crippen molar-refractivity contribution in [1.29, 1.82) is 0 Å². The first-order chi connectivity index (χ1) is 23.4. The van der Waals surface area contributed by atoms with E-state index in [1.807, 2.05) is 25.1 Å². The molecule has 0 bridgehead atoms. The number of aryl methyl sites for hydroxylation is 1. The van der Waals surface area contributed by atoms with Crippen molar-refractivity contribution in [2.24, 2.45) is 5.41 Å².